The number of anilines is 1. The average molecular weight is 460 g/mol. The van der Waals surface area contributed by atoms with Gasteiger partial charge in [-0.15, -0.1) is 0 Å². The minimum atomic E-state index is 0.426. The first-order valence-electron chi connectivity index (χ1n) is 10.9. The van der Waals surface area contributed by atoms with Crippen molar-refractivity contribution in [1.29, 1.82) is 0 Å². The lowest BCUT2D eigenvalue weighted by Crippen LogP contribution is -2.03. The maximum absolute atomic E-state index is 6.06. The van der Waals surface area contributed by atoms with E-state index in [1.807, 2.05) is 104 Å². The van der Waals surface area contributed by atoms with Crippen LogP contribution in [0.2, 0.25) is 5.02 Å². The lowest BCUT2D eigenvalue weighted by Gasteiger charge is -2.14. The molecule has 0 heterocycles. The third-order valence-electron chi connectivity index (χ3n) is 4.92. The summed E-state index contributed by atoms with van der Waals surface area (Å²) in [6.07, 6.45) is 0. The predicted molar refractivity (Wildman–Crippen MR) is 134 cm³/mol. The quantitative estimate of drug-likeness (QED) is 0.263. The fourth-order valence-corrected chi connectivity index (χ4v) is 3.52. The monoisotopic (exact) mass is 459 g/mol. The summed E-state index contributed by atoms with van der Waals surface area (Å²) in [5, 5.41) is 4.13. The molecule has 0 aromatic heterocycles. The predicted octanol–water partition coefficient (Wildman–Crippen LogP) is 7.72. The highest BCUT2D eigenvalue weighted by atomic mass is 35.5. The smallest absolute Gasteiger partial charge is 0.161 e. The van der Waals surface area contributed by atoms with Gasteiger partial charge in [-0.2, -0.15) is 0 Å². The van der Waals surface area contributed by atoms with Gasteiger partial charge in [0.15, 0.2) is 11.5 Å². The van der Waals surface area contributed by atoms with Crippen LogP contribution in [0.3, 0.4) is 0 Å². The maximum Gasteiger partial charge on any atom is 0.161 e. The van der Waals surface area contributed by atoms with E-state index in [4.69, 9.17) is 25.8 Å². The van der Waals surface area contributed by atoms with Crippen LogP contribution in [0.5, 0.6) is 23.0 Å². The molecule has 33 heavy (non-hydrogen) atoms. The van der Waals surface area contributed by atoms with Gasteiger partial charge in [-0.25, -0.2) is 0 Å². The van der Waals surface area contributed by atoms with Gasteiger partial charge < -0.3 is 19.5 Å². The molecule has 1 N–H and O–H groups in total. The summed E-state index contributed by atoms with van der Waals surface area (Å²) in [4.78, 5) is 0. The van der Waals surface area contributed by atoms with Crippen LogP contribution in [-0.4, -0.2) is 6.61 Å². The molecule has 0 spiro atoms. The van der Waals surface area contributed by atoms with E-state index in [0.29, 0.717) is 30.5 Å². The second kappa shape index (κ2) is 11.3. The van der Waals surface area contributed by atoms with Gasteiger partial charge in [0.1, 0.15) is 18.1 Å². The number of halogens is 1. The summed E-state index contributed by atoms with van der Waals surface area (Å²) in [7, 11) is 0. The van der Waals surface area contributed by atoms with Crippen molar-refractivity contribution in [3.8, 4) is 23.0 Å². The standard InChI is InChI=1S/C28H26ClNO3/c1-2-31-28-18-21(11-16-27(28)32-20-22-7-6-8-23(29)17-22)19-30-24-12-14-26(15-13-24)33-25-9-4-3-5-10-25/h3-18,30H,2,19-20H2,1H3. The Morgan fingerprint density at radius 1 is 0.697 bits per heavy atom. The third kappa shape index (κ3) is 6.67. The molecule has 4 aromatic rings. The van der Waals surface area contributed by atoms with Gasteiger partial charge in [-0.3, -0.25) is 0 Å². The van der Waals surface area contributed by atoms with E-state index in [2.05, 4.69) is 5.32 Å². The van der Waals surface area contributed by atoms with Crippen molar-refractivity contribution < 1.29 is 14.2 Å². The van der Waals surface area contributed by atoms with Crippen LogP contribution >= 0.6 is 11.6 Å². The molecule has 0 bridgehead atoms. The van der Waals surface area contributed by atoms with E-state index in [1.165, 1.54) is 0 Å². The van der Waals surface area contributed by atoms with E-state index < -0.39 is 0 Å². The molecule has 0 fully saturated rings. The largest absolute Gasteiger partial charge is 0.490 e. The lowest BCUT2D eigenvalue weighted by molar-refractivity contribution is 0.269. The summed E-state index contributed by atoms with van der Waals surface area (Å²) in [6, 6.07) is 31.3. The van der Waals surface area contributed by atoms with Crippen molar-refractivity contribution in [1.82, 2.24) is 0 Å². The van der Waals surface area contributed by atoms with Crippen molar-refractivity contribution in [2.24, 2.45) is 0 Å². The van der Waals surface area contributed by atoms with Crippen LogP contribution in [-0.2, 0) is 13.2 Å². The Morgan fingerprint density at radius 2 is 1.48 bits per heavy atom. The van der Waals surface area contributed by atoms with Gasteiger partial charge in [0.05, 0.1) is 6.61 Å². The van der Waals surface area contributed by atoms with Gasteiger partial charge in [-0.05, 0) is 78.7 Å². The first-order chi connectivity index (χ1) is 16.2. The molecule has 0 saturated heterocycles. The van der Waals surface area contributed by atoms with E-state index >= 15 is 0 Å². The molecule has 0 unspecified atom stereocenters. The molecular formula is C28H26ClNO3. The normalized spacial score (nSPS) is 10.5. The highest BCUT2D eigenvalue weighted by molar-refractivity contribution is 6.30. The molecule has 0 saturated carbocycles. The highest BCUT2D eigenvalue weighted by Gasteiger charge is 2.08. The zero-order valence-electron chi connectivity index (χ0n) is 18.5. The van der Waals surface area contributed by atoms with Crippen molar-refractivity contribution in [2.75, 3.05) is 11.9 Å². The van der Waals surface area contributed by atoms with Gasteiger partial charge in [0, 0.05) is 17.3 Å². The van der Waals surface area contributed by atoms with Crippen LogP contribution < -0.4 is 19.5 Å². The minimum Gasteiger partial charge on any atom is -0.490 e. The van der Waals surface area contributed by atoms with Gasteiger partial charge in [-0.1, -0.05) is 48.0 Å². The van der Waals surface area contributed by atoms with Crippen molar-refractivity contribution in [2.45, 2.75) is 20.1 Å². The van der Waals surface area contributed by atoms with Crippen molar-refractivity contribution in [3.63, 3.8) is 0 Å². The van der Waals surface area contributed by atoms with Crippen LogP contribution in [0.15, 0.2) is 97.1 Å². The Morgan fingerprint density at radius 3 is 2.24 bits per heavy atom. The lowest BCUT2D eigenvalue weighted by atomic mass is 10.2. The zero-order chi connectivity index (χ0) is 22.9. The topological polar surface area (TPSA) is 39.7 Å². The van der Waals surface area contributed by atoms with E-state index in [9.17, 15) is 0 Å². The summed E-state index contributed by atoms with van der Waals surface area (Å²) in [5.41, 5.74) is 3.11. The number of benzene rings is 4. The molecule has 5 heteroatoms. The second-order valence-electron chi connectivity index (χ2n) is 7.43. The summed E-state index contributed by atoms with van der Waals surface area (Å²) < 4.78 is 17.7. The second-order valence-corrected chi connectivity index (χ2v) is 7.86. The number of ether oxygens (including phenoxy) is 3. The Balaban J connectivity index is 1.36. The Labute approximate surface area is 199 Å². The van der Waals surface area contributed by atoms with E-state index in [1.54, 1.807) is 0 Å². The molecule has 0 aliphatic heterocycles. The van der Waals surface area contributed by atoms with E-state index in [-0.39, 0.29) is 0 Å². The van der Waals surface area contributed by atoms with E-state index in [0.717, 1.165) is 34.1 Å². The minimum absolute atomic E-state index is 0.426. The molecule has 0 amide bonds. The average Bonchev–Trinajstić information content (AvgIpc) is 2.84. The highest BCUT2D eigenvalue weighted by Crippen LogP contribution is 2.30. The molecule has 4 rings (SSSR count). The number of nitrogens with one attached hydrogen (secondary N) is 1. The Hall–Kier alpha value is -3.63. The molecule has 4 nitrogen and oxygen atoms in total. The van der Waals surface area contributed by atoms with Gasteiger partial charge in [0.25, 0.3) is 0 Å². The van der Waals surface area contributed by atoms with Crippen LogP contribution in [0, 0.1) is 0 Å². The molecule has 0 atom stereocenters. The fraction of sp³-hybridized carbons (Fsp3) is 0.143. The summed E-state index contributed by atoms with van der Waals surface area (Å²) in [6.45, 7) is 3.61. The SMILES string of the molecule is CCOc1cc(CNc2ccc(Oc3ccccc3)cc2)ccc1OCc1cccc(Cl)c1. The van der Waals surface area contributed by atoms with Crippen LogP contribution in [0.1, 0.15) is 18.1 Å². The number of rotatable bonds is 10. The summed E-state index contributed by atoms with van der Waals surface area (Å²) >= 11 is 6.06. The molecule has 0 aliphatic carbocycles. The van der Waals surface area contributed by atoms with Crippen molar-refractivity contribution in [3.05, 3.63) is 113 Å². The third-order valence-corrected chi connectivity index (χ3v) is 5.16. The number of para-hydroxylation sites is 1. The number of hydrogen-bond donors (Lipinski definition) is 1. The Kier molecular flexibility index (Phi) is 7.72. The molecule has 168 valence electrons. The van der Waals surface area contributed by atoms with Gasteiger partial charge in [0.2, 0.25) is 0 Å². The number of hydrogen-bond acceptors (Lipinski definition) is 4. The Bertz CT molecular complexity index is 1160. The molecular weight excluding hydrogens is 434 g/mol. The van der Waals surface area contributed by atoms with Crippen LogP contribution in [0.25, 0.3) is 0 Å². The maximum atomic E-state index is 6.06. The van der Waals surface area contributed by atoms with Crippen molar-refractivity contribution >= 4 is 17.3 Å². The van der Waals surface area contributed by atoms with Crippen LogP contribution in [0.4, 0.5) is 5.69 Å². The molecule has 0 aliphatic rings. The molecule has 0 radical (unpaired) electrons. The summed E-state index contributed by atoms with van der Waals surface area (Å²) in [5.74, 6) is 3.05. The fourth-order valence-electron chi connectivity index (χ4n) is 3.31. The molecule has 4 aromatic carbocycles. The first kappa shape index (κ1) is 22.6. The van der Waals surface area contributed by atoms with Gasteiger partial charge >= 0.3 is 0 Å². The zero-order valence-corrected chi connectivity index (χ0v) is 19.2. The first-order valence-corrected chi connectivity index (χ1v) is 11.3.